The Kier molecular flexibility index (Phi) is 2.49. The van der Waals surface area contributed by atoms with E-state index in [9.17, 15) is 0 Å². The molecule has 0 unspecified atom stereocenters. The molecule has 0 aromatic carbocycles. The molecule has 1 aliphatic carbocycles. The normalized spacial score (nSPS) is 17.8. The summed E-state index contributed by atoms with van der Waals surface area (Å²) in [6, 6.07) is 0. The van der Waals surface area contributed by atoms with E-state index in [-0.39, 0.29) is 0 Å². The molecule has 0 radical (unpaired) electrons. The van der Waals surface area contributed by atoms with Gasteiger partial charge in [0.05, 0.1) is 0 Å². The standard InChI is InChI=1S/C10H14/c1-3-4-5-10-7-6-9(2)8-10/h3-4,7-8H,5-6H2,1-2H3. The van der Waals surface area contributed by atoms with Gasteiger partial charge in [-0.3, -0.25) is 0 Å². The molecule has 0 saturated carbocycles. The average molecular weight is 134 g/mol. The van der Waals surface area contributed by atoms with Crippen molar-refractivity contribution in [1.29, 1.82) is 0 Å². The third-order valence-corrected chi connectivity index (χ3v) is 1.71. The van der Waals surface area contributed by atoms with E-state index in [1.807, 2.05) is 0 Å². The minimum absolute atomic E-state index is 1.10. The molecule has 0 atom stereocenters. The molecule has 0 fully saturated rings. The van der Waals surface area contributed by atoms with Crippen LogP contribution in [0, 0.1) is 0 Å². The molecule has 0 nitrogen and oxygen atoms in total. The van der Waals surface area contributed by atoms with Crippen LogP contribution in [0.2, 0.25) is 0 Å². The van der Waals surface area contributed by atoms with Crippen LogP contribution in [0.4, 0.5) is 0 Å². The molecule has 1 aliphatic rings. The van der Waals surface area contributed by atoms with Crippen molar-refractivity contribution in [1.82, 2.24) is 0 Å². The summed E-state index contributed by atoms with van der Waals surface area (Å²) in [6.07, 6.45) is 11.1. The maximum Gasteiger partial charge on any atom is -0.0101 e. The summed E-state index contributed by atoms with van der Waals surface area (Å²) >= 11 is 0. The smallest absolute Gasteiger partial charge is 0.0101 e. The molecule has 0 aliphatic heterocycles. The molecular weight excluding hydrogens is 120 g/mol. The molecular formula is C10H14. The first-order valence-corrected chi connectivity index (χ1v) is 3.80. The number of hydrogen-bond donors (Lipinski definition) is 0. The van der Waals surface area contributed by atoms with Gasteiger partial charge in [-0.1, -0.05) is 29.9 Å². The maximum absolute atomic E-state index is 2.30. The monoisotopic (exact) mass is 134 g/mol. The third kappa shape index (κ3) is 1.87. The van der Waals surface area contributed by atoms with Gasteiger partial charge < -0.3 is 0 Å². The van der Waals surface area contributed by atoms with Crippen molar-refractivity contribution in [2.75, 3.05) is 0 Å². The fraction of sp³-hybridized carbons (Fsp3) is 0.400. The van der Waals surface area contributed by atoms with Gasteiger partial charge in [0.15, 0.2) is 0 Å². The second-order valence-electron chi connectivity index (χ2n) is 2.75. The summed E-state index contributed by atoms with van der Waals surface area (Å²) < 4.78 is 0. The summed E-state index contributed by atoms with van der Waals surface area (Å²) in [5.41, 5.74) is 2.95. The van der Waals surface area contributed by atoms with Gasteiger partial charge >= 0.3 is 0 Å². The highest BCUT2D eigenvalue weighted by atomic mass is 14.0. The number of hydrogen-bond acceptors (Lipinski definition) is 0. The van der Waals surface area contributed by atoms with E-state index in [1.165, 1.54) is 11.1 Å². The SMILES string of the molecule is CC=CCC1=CCC(C)=C1. The average Bonchev–Trinajstić information content (AvgIpc) is 2.31. The fourth-order valence-electron chi connectivity index (χ4n) is 1.12. The zero-order valence-electron chi connectivity index (χ0n) is 6.72. The Morgan fingerprint density at radius 3 is 2.90 bits per heavy atom. The highest BCUT2D eigenvalue weighted by Gasteiger charge is 1.98. The highest BCUT2D eigenvalue weighted by molar-refractivity contribution is 5.32. The Labute approximate surface area is 62.9 Å². The van der Waals surface area contributed by atoms with Crippen LogP contribution in [0.25, 0.3) is 0 Å². The van der Waals surface area contributed by atoms with E-state index < -0.39 is 0 Å². The summed E-state index contributed by atoms with van der Waals surface area (Å²) in [7, 11) is 0. The summed E-state index contributed by atoms with van der Waals surface area (Å²) in [6.45, 7) is 4.24. The quantitative estimate of drug-likeness (QED) is 0.509. The first-order chi connectivity index (χ1) is 4.83. The molecule has 10 heavy (non-hydrogen) atoms. The van der Waals surface area contributed by atoms with Gasteiger partial charge in [-0.05, 0) is 32.3 Å². The van der Waals surface area contributed by atoms with E-state index in [4.69, 9.17) is 0 Å². The van der Waals surface area contributed by atoms with Crippen molar-refractivity contribution < 1.29 is 0 Å². The topological polar surface area (TPSA) is 0 Å². The van der Waals surface area contributed by atoms with Crippen LogP contribution in [0.5, 0.6) is 0 Å². The lowest BCUT2D eigenvalue weighted by Crippen LogP contribution is -1.68. The molecule has 0 spiro atoms. The van der Waals surface area contributed by atoms with E-state index in [1.54, 1.807) is 0 Å². The largest absolute Gasteiger partial charge is 0.0913 e. The molecule has 0 heteroatoms. The lowest BCUT2D eigenvalue weighted by Gasteiger charge is -1.88. The van der Waals surface area contributed by atoms with E-state index >= 15 is 0 Å². The Balaban J connectivity index is 2.44. The van der Waals surface area contributed by atoms with Gasteiger partial charge in [0.25, 0.3) is 0 Å². The molecule has 1 rings (SSSR count). The van der Waals surface area contributed by atoms with Crippen LogP contribution in [0.3, 0.4) is 0 Å². The minimum Gasteiger partial charge on any atom is -0.0913 e. The van der Waals surface area contributed by atoms with E-state index in [0.29, 0.717) is 0 Å². The van der Waals surface area contributed by atoms with Crippen molar-refractivity contribution in [2.24, 2.45) is 0 Å². The highest BCUT2D eigenvalue weighted by Crippen LogP contribution is 2.19. The summed E-state index contributed by atoms with van der Waals surface area (Å²) in [4.78, 5) is 0. The third-order valence-electron chi connectivity index (χ3n) is 1.71. The van der Waals surface area contributed by atoms with Crippen molar-refractivity contribution in [3.05, 3.63) is 35.5 Å². The lowest BCUT2D eigenvalue weighted by atomic mass is 10.2. The number of allylic oxidation sites excluding steroid dienone is 6. The molecule has 0 saturated heterocycles. The van der Waals surface area contributed by atoms with Gasteiger partial charge in [-0.2, -0.15) is 0 Å². The van der Waals surface area contributed by atoms with Crippen LogP contribution in [0.1, 0.15) is 26.7 Å². The first-order valence-electron chi connectivity index (χ1n) is 3.80. The molecule has 0 N–H and O–H groups in total. The summed E-state index contributed by atoms with van der Waals surface area (Å²) in [5, 5.41) is 0. The van der Waals surface area contributed by atoms with Gasteiger partial charge in [-0.25, -0.2) is 0 Å². The Morgan fingerprint density at radius 1 is 1.60 bits per heavy atom. The fourth-order valence-corrected chi connectivity index (χ4v) is 1.12. The van der Waals surface area contributed by atoms with Gasteiger partial charge in [0, 0.05) is 0 Å². The zero-order valence-corrected chi connectivity index (χ0v) is 6.72. The Morgan fingerprint density at radius 2 is 2.40 bits per heavy atom. The van der Waals surface area contributed by atoms with Crippen molar-refractivity contribution in [3.63, 3.8) is 0 Å². The zero-order chi connectivity index (χ0) is 7.40. The van der Waals surface area contributed by atoms with Crippen molar-refractivity contribution in [2.45, 2.75) is 26.7 Å². The minimum atomic E-state index is 1.10. The predicted molar refractivity (Wildman–Crippen MR) is 45.9 cm³/mol. The number of rotatable bonds is 2. The van der Waals surface area contributed by atoms with E-state index in [0.717, 1.165) is 12.8 Å². The van der Waals surface area contributed by atoms with Crippen molar-refractivity contribution >= 4 is 0 Å². The van der Waals surface area contributed by atoms with Crippen molar-refractivity contribution in [3.8, 4) is 0 Å². The molecule has 0 aromatic rings. The predicted octanol–water partition coefficient (Wildman–Crippen LogP) is 3.23. The van der Waals surface area contributed by atoms with Crippen LogP contribution < -0.4 is 0 Å². The Bertz CT molecular complexity index is 192. The maximum atomic E-state index is 2.30. The molecule has 0 amide bonds. The second-order valence-corrected chi connectivity index (χ2v) is 2.75. The Hall–Kier alpha value is -0.780. The summed E-state index contributed by atoms with van der Waals surface area (Å²) in [5.74, 6) is 0. The molecule has 0 aromatic heterocycles. The van der Waals surface area contributed by atoms with Crippen LogP contribution in [-0.2, 0) is 0 Å². The molecule has 54 valence electrons. The molecule has 0 bridgehead atoms. The second kappa shape index (κ2) is 3.40. The van der Waals surface area contributed by atoms with Gasteiger partial charge in [0.1, 0.15) is 0 Å². The van der Waals surface area contributed by atoms with Gasteiger partial charge in [-0.15, -0.1) is 0 Å². The van der Waals surface area contributed by atoms with Crippen LogP contribution >= 0.6 is 0 Å². The molecule has 0 heterocycles. The van der Waals surface area contributed by atoms with Crippen LogP contribution in [0.15, 0.2) is 35.5 Å². The lowest BCUT2D eigenvalue weighted by molar-refractivity contribution is 1.24. The van der Waals surface area contributed by atoms with E-state index in [2.05, 4.69) is 38.2 Å². The van der Waals surface area contributed by atoms with Crippen LogP contribution in [-0.4, -0.2) is 0 Å². The van der Waals surface area contributed by atoms with Gasteiger partial charge in [0.2, 0.25) is 0 Å². The first kappa shape index (κ1) is 7.33.